The van der Waals surface area contributed by atoms with Gasteiger partial charge in [-0.05, 0) is 23.8 Å². The number of fused-ring (bicyclic) bond motifs is 1. The van der Waals surface area contributed by atoms with Crippen LogP contribution in [0.3, 0.4) is 0 Å². The van der Waals surface area contributed by atoms with Crippen molar-refractivity contribution in [3.8, 4) is 0 Å². The van der Waals surface area contributed by atoms with E-state index in [0.29, 0.717) is 6.54 Å². The van der Waals surface area contributed by atoms with Crippen LogP contribution in [0.25, 0.3) is 10.8 Å². The fourth-order valence-corrected chi connectivity index (χ4v) is 2.31. The summed E-state index contributed by atoms with van der Waals surface area (Å²) in [5, 5.41) is 6.52. The Balaban J connectivity index is 1.88. The van der Waals surface area contributed by atoms with Gasteiger partial charge in [0.2, 0.25) is 0 Å². The number of benzene rings is 2. The van der Waals surface area contributed by atoms with E-state index in [0.717, 1.165) is 21.7 Å². The van der Waals surface area contributed by atoms with Gasteiger partial charge < -0.3 is 5.32 Å². The Hall–Kier alpha value is -2.06. The van der Waals surface area contributed by atoms with Crippen LogP contribution in [-0.2, 0) is 6.54 Å². The molecule has 1 aromatic heterocycles. The number of pyridine rings is 1. The second-order valence-electron chi connectivity index (χ2n) is 4.35. The average Bonchev–Trinajstić information content (AvgIpc) is 2.46. The lowest BCUT2D eigenvalue weighted by Gasteiger charge is -2.10. The fraction of sp³-hybridized carbons (Fsp3) is 0.0625. The molecule has 19 heavy (non-hydrogen) atoms. The Labute approximate surface area is 117 Å². The molecule has 1 N–H and O–H groups in total. The summed E-state index contributed by atoms with van der Waals surface area (Å²) in [6.45, 7) is 0.709. The van der Waals surface area contributed by atoms with E-state index in [1.54, 1.807) is 0 Å². The van der Waals surface area contributed by atoms with Crippen LogP contribution < -0.4 is 5.32 Å². The third-order valence-electron chi connectivity index (χ3n) is 3.11. The number of anilines is 1. The van der Waals surface area contributed by atoms with Crippen molar-refractivity contribution < 1.29 is 0 Å². The Morgan fingerprint density at radius 3 is 2.79 bits per heavy atom. The number of hydrogen-bond acceptors (Lipinski definition) is 2. The molecular formula is C16H13ClN2. The van der Waals surface area contributed by atoms with Crippen molar-refractivity contribution in [2.45, 2.75) is 6.54 Å². The quantitative estimate of drug-likeness (QED) is 0.756. The minimum atomic E-state index is 0.709. The summed E-state index contributed by atoms with van der Waals surface area (Å²) >= 11 is 6.16. The average molecular weight is 269 g/mol. The van der Waals surface area contributed by atoms with E-state index in [4.69, 9.17) is 11.6 Å². The highest BCUT2D eigenvalue weighted by molar-refractivity contribution is 6.31. The Kier molecular flexibility index (Phi) is 3.34. The Bertz CT molecular complexity index is 704. The summed E-state index contributed by atoms with van der Waals surface area (Å²) in [7, 11) is 0. The number of nitrogens with one attached hydrogen (secondary N) is 1. The van der Waals surface area contributed by atoms with E-state index >= 15 is 0 Å². The molecule has 0 aliphatic rings. The molecule has 0 bridgehead atoms. The molecule has 0 atom stereocenters. The molecule has 2 nitrogen and oxygen atoms in total. The van der Waals surface area contributed by atoms with Crippen LogP contribution in [0.1, 0.15) is 5.56 Å². The lowest BCUT2D eigenvalue weighted by Crippen LogP contribution is -2.00. The molecule has 94 valence electrons. The van der Waals surface area contributed by atoms with Crippen molar-refractivity contribution in [1.29, 1.82) is 0 Å². The van der Waals surface area contributed by atoms with Crippen LogP contribution in [0, 0.1) is 0 Å². The third-order valence-corrected chi connectivity index (χ3v) is 3.48. The summed E-state index contributed by atoms with van der Waals surface area (Å²) in [4.78, 5) is 4.14. The second-order valence-corrected chi connectivity index (χ2v) is 4.75. The minimum absolute atomic E-state index is 0.709. The van der Waals surface area contributed by atoms with Crippen molar-refractivity contribution in [2.75, 3.05) is 5.32 Å². The number of nitrogens with zero attached hydrogens (tertiary/aromatic N) is 1. The zero-order chi connectivity index (χ0) is 13.1. The maximum absolute atomic E-state index is 6.16. The molecule has 0 fully saturated rings. The molecule has 0 saturated heterocycles. The Morgan fingerprint density at radius 1 is 1.00 bits per heavy atom. The van der Waals surface area contributed by atoms with Gasteiger partial charge in [0, 0.05) is 40.4 Å². The highest BCUT2D eigenvalue weighted by Crippen LogP contribution is 2.23. The van der Waals surface area contributed by atoms with Gasteiger partial charge in [-0.25, -0.2) is 0 Å². The smallest absolute Gasteiger partial charge is 0.0455 e. The van der Waals surface area contributed by atoms with Gasteiger partial charge in [-0.3, -0.25) is 4.98 Å². The van der Waals surface area contributed by atoms with E-state index in [1.165, 1.54) is 5.39 Å². The van der Waals surface area contributed by atoms with Crippen molar-refractivity contribution in [2.24, 2.45) is 0 Å². The zero-order valence-electron chi connectivity index (χ0n) is 10.3. The molecule has 0 amide bonds. The summed E-state index contributed by atoms with van der Waals surface area (Å²) in [6.07, 6.45) is 3.68. The lowest BCUT2D eigenvalue weighted by molar-refractivity contribution is 1.15. The molecule has 3 heteroatoms. The zero-order valence-corrected chi connectivity index (χ0v) is 11.1. The van der Waals surface area contributed by atoms with Gasteiger partial charge in [0.15, 0.2) is 0 Å². The van der Waals surface area contributed by atoms with Crippen molar-refractivity contribution >= 4 is 28.1 Å². The maximum atomic E-state index is 6.16. The molecule has 0 aliphatic heterocycles. The molecule has 1 heterocycles. The molecule has 0 radical (unpaired) electrons. The fourth-order valence-electron chi connectivity index (χ4n) is 2.11. The van der Waals surface area contributed by atoms with Gasteiger partial charge in [-0.1, -0.05) is 41.9 Å². The number of rotatable bonds is 3. The van der Waals surface area contributed by atoms with Crippen LogP contribution in [0.15, 0.2) is 60.9 Å². The standard InChI is InChI=1S/C16H13ClN2/c17-15-6-2-1-4-13(15)11-19-16-7-3-5-12-10-18-9-8-14(12)16/h1-10,19H,11H2. The highest BCUT2D eigenvalue weighted by atomic mass is 35.5. The van der Waals surface area contributed by atoms with E-state index < -0.39 is 0 Å². The SMILES string of the molecule is Clc1ccccc1CNc1cccc2cnccc12. The van der Waals surface area contributed by atoms with E-state index in [-0.39, 0.29) is 0 Å². The summed E-state index contributed by atoms with van der Waals surface area (Å²) in [6, 6.07) is 16.0. The van der Waals surface area contributed by atoms with Gasteiger partial charge in [0.25, 0.3) is 0 Å². The molecule has 3 rings (SSSR count). The van der Waals surface area contributed by atoms with Gasteiger partial charge in [-0.2, -0.15) is 0 Å². The summed E-state index contributed by atoms with van der Waals surface area (Å²) in [5.41, 5.74) is 2.19. The van der Waals surface area contributed by atoms with Gasteiger partial charge in [-0.15, -0.1) is 0 Å². The summed E-state index contributed by atoms with van der Waals surface area (Å²) < 4.78 is 0. The number of aromatic nitrogens is 1. The lowest BCUT2D eigenvalue weighted by atomic mass is 10.1. The Morgan fingerprint density at radius 2 is 1.89 bits per heavy atom. The first kappa shape index (κ1) is 12.0. The van der Waals surface area contributed by atoms with Gasteiger partial charge in [0.1, 0.15) is 0 Å². The normalized spacial score (nSPS) is 10.6. The van der Waals surface area contributed by atoms with Crippen molar-refractivity contribution in [3.63, 3.8) is 0 Å². The molecular weight excluding hydrogens is 256 g/mol. The van der Waals surface area contributed by atoms with Crippen molar-refractivity contribution in [1.82, 2.24) is 4.98 Å². The molecule has 2 aromatic carbocycles. The minimum Gasteiger partial charge on any atom is -0.380 e. The molecule has 0 spiro atoms. The van der Waals surface area contributed by atoms with Crippen LogP contribution in [0.2, 0.25) is 5.02 Å². The number of halogens is 1. The summed E-state index contributed by atoms with van der Waals surface area (Å²) in [5.74, 6) is 0. The van der Waals surface area contributed by atoms with Gasteiger partial charge >= 0.3 is 0 Å². The van der Waals surface area contributed by atoms with Crippen LogP contribution in [0.5, 0.6) is 0 Å². The predicted octanol–water partition coefficient (Wildman–Crippen LogP) is 4.50. The highest BCUT2D eigenvalue weighted by Gasteiger charge is 2.02. The molecule has 3 aromatic rings. The monoisotopic (exact) mass is 268 g/mol. The maximum Gasteiger partial charge on any atom is 0.0455 e. The second kappa shape index (κ2) is 5.29. The van der Waals surface area contributed by atoms with E-state index in [1.807, 2.05) is 48.8 Å². The first-order chi connectivity index (χ1) is 9.34. The predicted molar refractivity (Wildman–Crippen MR) is 80.5 cm³/mol. The first-order valence-corrected chi connectivity index (χ1v) is 6.52. The van der Waals surface area contributed by atoms with E-state index in [2.05, 4.69) is 22.4 Å². The molecule has 0 saturated carbocycles. The number of hydrogen-bond donors (Lipinski definition) is 1. The third kappa shape index (κ3) is 2.54. The topological polar surface area (TPSA) is 24.9 Å². The van der Waals surface area contributed by atoms with Crippen molar-refractivity contribution in [3.05, 3.63) is 71.5 Å². The van der Waals surface area contributed by atoms with E-state index in [9.17, 15) is 0 Å². The van der Waals surface area contributed by atoms with Gasteiger partial charge in [0.05, 0.1) is 0 Å². The van der Waals surface area contributed by atoms with Crippen LogP contribution >= 0.6 is 11.6 Å². The van der Waals surface area contributed by atoms with Crippen LogP contribution in [-0.4, -0.2) is 4.98 Å². The first-order valence-electron chi connectivity index (χ1n) is 6.14. The van der Waals surface area contributed by atoms with Crippen LogP contribution in [0.4, 0.5) is 5.69 Å². The largest absolute Gasteiger partial charge is 0.380 e. The molecule has 0 unspecified atom stereocenters. The molecule has 0 aliphatic carbocycles.